The lowest BCUT2D eigenvalue weighted by Gasteiger charge is -2.03. The third-order valence-corrected chi connectivity index (χ3v) is 2.16. The molecule has 0 saturated carbocycles. The summed E-state index contributed by atoms with van der Waals surface area (Å²) >= 11 is 0. The summed E-state index contributed by atoms with van der Waals surface area (Å²) in [5, 5.41) is 10.3. The van der Waals surface area contributed by atoms with E-state index in [-0.39, 0.29) is 12.3 Å². The molecular weight excluding hydrogens is 221 g/mol. The number of hydrogen-bond acceptors (Lipinski definition) is 5. The second-order valence-electron chi connectivity index (χ2n) is 2.76. The summed E-state index contributed by atoms with van der Waals surface area (Å²) in [6.45, 7) is 0.177. The molecule has 7 heteroatoms. The minimum Gasteiger partial charge on any atom is -0.328 e. The van der Waals surface area contributed by atoms with E-state index in [1.807, 2.05) is 0 Å². The van der Waals surface area contributed by atoms with Crippen LogP contribution in [0, 0.1) is 10.1 Å². The van der Waals surface area contributed by atoms with Crippen molar-refractivity contribution in [2.24, 2.45) is 0 Å². The SMILES string of the molecule is O=[N+]([O-])c1ccc(CCOP(O)O)cc1. The van der Waals surface area contributed by atoms with Crippen molar-refractivity contribution in [1.82, 2.24) is 0 Å². The van der Waals surface area contributed by atoms with Gasteiger partial charge >= 0.3 is 8.60 Å². The Morgan fingerprint density at radius 3 is 2.40 bits per heavy atom. The first-order valence-corrected chi connectivity index (χ1v) is 5.30. The summed E-state index contributed by atoms with van der Waals surface area (Å²) < 4.78 is 4.57. The first-order chi connectivity index (χ1) is 7.09. The van der Waals surface area contributed by atoms with Gasteiger partial charge < -0.3 is 14.3 Å². The van der Waals surface area contributed by atoms with Crippen molar-refractivity contribution in [3.63, 3.8) is 0 Å². The van der Waals surface area contributed by atoms with Crippen LogP contribution in [0.3, 0.4) is 0 Å². The highest BCUT2D eigenvalue weighted by Crippen LogP contribution is 2.24. The van der Waals surface area contributed by atoms with Gasteiger partial charge in [0.05, 0.1) is 11.5 Å². The molecule has 0 radical (unpaired) electrons. The van der Waals surface area contributed by atoms with Crippen LogP contribution in [0.1, 0.15) is 5.56 Å². The van der Waals surface area contributed by atoms with Crippen molar-refractivity contribution >= 4 is 14.3 Å². The van der Waals surface area contributed by atoms with E-state index in [2.05, 4.69) is 4.52 Å². The number of nitrogens with zero attached hydrogens (tertiary/aromatic N) is 1. The quantitative estimate of drug-likeness (QED) is 0.453. The molecule has 0 heterocycles. The van der Waals surface area contributed by atoms with Gasteiger partial charge in [-0.1, -0.05) is 12.1 Å². The van der Waals surface area contributed by atoms with Gasteiger partial charge in [0.1, 0.15) is 0 Å². The molecule has 1 aromatic carbocycles. The lowest BCUT2D eigenvalue weighted by atomic mass is 10.1. The van der Waals surface area contributed by atoms with E-state index in [4.69, 9.17) is 9.79 Å². The predicted molar refractivity (Wildman–Crippen MR) is 54.1 cm³/mol. The first kappa shape index (κ1) is 12.0. The van der Waals surface area contributed by atoms with Crippen LogP contribution in [0.4, 0.5) is 5.69 Å². The Kier molecular flexibility index (Phi) is 4.58. The maximum atomic E-state index is 10.3. The summed E-state index contributed by atoms with van der Waals surface area (Å²) in [6, 6.07) is 6.02. The summed E-state index contributed by atoms with van der Waals surface area (Å²) in [6.07, 6.45) is 0.484. The van der Waals surface area contributed by atoms with Crippen LogP contribution in [0.25, 0.3) is 0 Å². The van der Waals surface area contributed by atoms with Crippen molar-refractivity contribution < 1.29 is 19.2 Å². The topological polar surface area (TPSA) is 92.8 Å². The van der Waals surface area contributed by atoms with Crippen molar-refractivity contribution in [2.45, 2.75) is 6.42 Å². The first-order valence-electron chi connectivity index (χ1n) is 4.13. The molecule has 0 amide bonds. The Balaban J connectivity index is 2.46. The van der Waals surface area contributed by atoms with Gasteiger partial charge in [-0.2, -0.15) is 0 Å². The largest absolute Gasteiger partial charge is 0.328 e. The number of hydrogen-bond donors (Lipinski definition) is 2. The van der Waals surface area contributed by atoms with Crippen molar-refractivity contribution in [2.75, 3.05) is 6.61 Å². The number of benzene rings is 1. The molecule has 0 aliphatic carbocycles. The van der Waals surface area contributed by atoms with E-state index in [1.54, 1.807) is 12.1 Å². The number of rotatable bonds is 5. The van der Waals surface area contributed by atoms with Crippen LogP contribution in [-0.4, -0.2) is 21.3 Å². The Labute approximate surface area is 87.3 Å². The average Bonchev–Trinajstić information content (AvgIpc) is 2.18. The van der Waals surface area contributed by atoms with Gasteiger partial charge in [-0.05, 0) is 12.0 Å². The Bertz CT molecular complexity index is 326. The molecule has 0 aliphatic heterocycles. The molecule has 1 rings (SSSR count). The molecule has 1 aromatic rings. The Morgan fingerprint density at radius 1 is 1.33 bits per heavy atom. The normalized spacial score (nSPS) is 10.6. The highest BCUT2D eigenvalue weighted by molar-refractivity contribution is 7.39. The van der Waals surface area contributed by atoms with E-state index < -0.39 is 13.5 Å². The van der Waals surface area contributed by atoms with Gasteiger partial charge in [-0.15, -0.1) is 0 Å². The number of non-ortho nitro benzene ring substituents is 1. The van der Waals surface area contributed by atoms with Crippen LogP contribution in [0.2, 0.25) is 0 Å². The molecule has 82 valence electrons. The average molecular weight is 231 g/mol. The van der Waals surface area contributed by atoms with Gasteiger partial charge in [0.2, 0.25) is 0 Å². The van der Waals surface area contributed by atoms with Gasteiger partial charge in [-0.25, -0.2) is 0 Å². The number of nitro groups is 1. The van der Waals surface area contributed by atoms with Crippen LogP contribution >= 0.6 is 8.60 Å². The minimum atomic E-state index is -2.32. The van der Waals surface area contributed by atoms with E-state index in [1.165, 1.54) is 12.1 Å². The Hall–Kier alpha value is -1.07. The highest BCUT2D eigenvalue weighted by Gasteiger charge is 2.04. The van der Waals surface area contributed by atoms with Crippen LogP contribution < -0.4 is 0 Å². The molecule has 0 aromatic heterocycles. The van der Waals surface area contributed by atoms with Gasteiger partial charge in [0.25, 0.3) is 5.69 Å². The van der Waals surface area contributed by atoms with Gasteiger partial charge in [0.15, 0.2) is 0 Å². The van der Waals surface area contributed by atoms with E-state index >= 15 is 0 Å². The molecule has 0 saturated heterocycles. The maximum Gasteiger partial charge on any atom is 0.327 e. The van der Waals surface area contributed by atoms with Crippen molar-refractivity contribution in [1.29, 1.82) is 0 Å². The fourth-order valence-electron chi connectivity index (χ4n) is 1.03. The maximum absolute atomic E-state index is 10.3. The van der Waals surface area contributed by atoms with Crippen LogP contribution in [0.15, 0.2) is 24.3 Å². The molecule has 6 nitrogen and oxygen atoms in total. The van der Waals surface area contributed by atoms with E-state index in [0.29, 0.717) is 6.42 Å². The van der Waals surface area contributed by atoms with Crippen LogP contribution in [-0.2, 0) is 10.9 Å². The molecule has 0 unspecified atom stereocenters. The molecular formula is C8H10NO5P. The molecule has 0 fully saturated rings. The third kappa shape index (κ3) is 4.31. The second kappa shape index (κ2) is 5.72. The lowest BCUT2D eigenvalue weighted by molar-refractivity contribution is -0.384. The second-order valence-corrected chi connectivity index (χ2v) is 3.52. The van der Waals surface area contributed by atoms with Crippen molar-refractivity contribution in [3.8, 4) is 0 Å². The predicted octanol–water partition coefficient (Wildman–Crippen LogP) is 1.37. The zero-order valence-electron chi connectivity index (χ0n) is 7.74. The fraction of sp³-hybridized carbons (Fsp3) is 0.250. The summed E-state index contributed by atoms with van der Waals surface area (Å²) in [7, 11) is -2.32. The molecule has 0 bridgehead atoms. The fourth-order valence-corrected chi connectivity index (χ4v) is 1.28. The summed E-state index contributed by atoms with van der Waals surface area (Å²) in [5.74, 6) is 0. The zero-order valence-corrected chi connectivity index (χ0v) is 8.63. The molecule has 15 heavy (non-hydrogen) atoms. The zero-order chi connectivity index (χ0) is 11.3. The van der Waals surface area contributed by atoms with E-state index in [0.717, 1.165) is 5.56 Å². The molecule has 0 atom stereocenters. The summed E-state index contributed by atoms with van der Waals surface area (Å²) in [4.78, 5) is 26.8. The molecule has 2 N–H and O–H groups in total. The van der Waals surface area contributed by atoms with Gasteiger partial charge in [0, 0.05) is 12.1 Å². The van der Waals surface area contributed by atoms with Crippen molar-refractivity contribution in [3.05, 3.63) is 39.9 Å². The Morgan fingerprint density at radius 2 is 1.93 bits per heavy atom. The summed E-state index contributed by atoms with van der Waals surface area (Å²) in [5.41, 5.74) is 0.878. The van der Waals surface area contributed by atoms with Crippen LogP contribution in [0.5, 0.6) is 0 Å². The minimum absolute atomic E-state index is 0.0336. The third-order valence-electron chi connectivity index (χ3n) is 1.74. The monoisotopic (exact) mass is 231 g/mol. The molecule has 0 spiro atoms. The van der Waals surface area contributed by atoms with E-state index in [9.17, 15) is 10.1 Å². The highest BCUT2D eigenvalue weighted by atomic mass is 31.2. The standard InChI is InChI=1S/C8H10NO5P/c10-9(11)8-3-1-7(2-4-8)5-6-14-15(12)13/h1-4,12-13H,5-6H2. The number of nitro benzene ring substituents is 1. The lowest BCUT2D eigenvalue weighted by Crippen LogP contribution is -1.95. The molecule has 0 aliphatic rings. The smallest absolute Gasteiger partial charge is 0.327 e. The van der Waals surface area contributed by atoms with Gasteiger partial charge in [-0.3, -0.25) is 10.1 Å².